The molecule has 2 N–H and O–H groups in total. The number of hydrogen-bond donors (Lipinski definition) is 2. The zero-order chi connectivity index (χ0) is 16.6. The Hall–Kier alpha value is -1.73. The summed E-state index contributed by atoms with van der Waals surface area (Å²) < 4.78 is 26.3. The molecular formula is C15H16ClF2N3O2. The number of nitrogens with zero attached hydrogens (tertiary/aromatic N) is 1. The van der Waals surface area contributed by atoms with E-state index in [2.05, 4.69) is 10.6 Å². The van der Waals surface area contributed by atoms with Crippen LogP contribution < -0.4 is 15.5 Å². The molecule has 2 aliphatic heterocycles. The van der Waals surface area contributed by atoms with Gasteiger partial charge in [0.15, 0.2) is 0 Å². The smallest absolute Gasteiger partial charge is 0.262 e. The Morgan fingerprint density at radius 2 is 2.13 bits per heavy atom. The first-order valence-electron chi connectivity index (χ1n) is 7.35. The highest BCUT2D eigenvalue weighted by atomic mass is 35.5. The van der Waals surface area contributed by atoms with E-state index in [0.717, 1.165) is 0 Å². The quantitative estimate of drug-likeness (QED) is 0.875. The fourth-order valence-electron chi connectivity index (χ4n) is 2.90. The van der Waals surface area contributed by atoms with Crippen molar-refractivity contribution < 1.29 is 18.4 Å². The number of alkyl halides is 2. The van der Waals surface area contributed by atoms with Gasteiger partial charge in [-0.1, -0.05) is 23.7 Å². The van der Waals surface area contributed by atoms with E-state index in [9.17, 15) is 18.4 Å². The molecule has 0 aromatic heterocycles. The van der Waals surface area contributed by atoms with Crippen LogP contribution >= 0.6 is 11.6 Å². The topological polar surface area (TPSA) is 61.4 Å². The second-order valence-corrected chi connectivity index (χ2v) is 6.19. The molecule has 2 heterocycles. The van der Waals surface area contributed by atoms with Crippen LogP contribution in [-0.2, 0) is 9.59 Å². The van der Waals surface area contributed by atoms with Crippen LogP contribution in [0.4, 0.5) is 14.5 Å². The van der Waals surface area contributed by atoms with Crippen LogP contribution in [0.5, 0.6) is 0 Å². The summed E-state index contributed by atoms with van der Waals surface area (Å²) >= 11 is 6.08. The third-order valence-corrected chi connectivity index (χ3v) is 4.41. The number of halogens is 3. The van der Waals surface area contributed by atoms with E-state index in [1.54, 1.807) is 24.3 Å². The van der Waals surface area contributed by atoms with Gasteiger partial charge < -0.3 is 10.2 Å². The Bertz CT molecular complexity index is 641. The van der Waals surface area contributed by atoms with Gasteiger partial charge in [-0.25, -0.2) is 8.78 Å². The van der Waals surface area contributed by atoms with Crippen LogP contribution in [0.1, 0.15) is 12.8 Å². The fourth-order valence-corrected chi connectivity index (χ4v) is 3.13. The standard InChI is InChI=1S/C15H16ClF2N3O2/c16-9-3-1-2-4-12(9)21-6-5-10(14(21)23)20-13(22)11-7-15(17,18)8-19-11/h1-4,10-11,19H,5-8H2,(H,20,22). The highest BCUT2D eigenvalue weighted by molar-refractivity contribution is 6.34. The van der Waals surface area contributed by atoms with Gasteiger partial charge in [-0.3, -0.25) is 14.9 Å². The molecule has 0 saturated carbocycles. The number of carbonyl (C=O) groups excluding carboxylic acids is 2. The summed E-state index contributed by atoms with van der Waals surface area (Å²) in [7, 11) is 0. The van der Waals surface area contributed by atoms with E-state index in [-0.39, 0.29) is 5.91 Å². The van der Waals surface area contributed by atoms with Crippen molar-refractivity contribution in [2.45, 2.75) is 30.8 Å². The maximum atomic E-state index is 13.1. The van der Waals surface area contributed by atoms with Gasteiger partial charge >= 0.3 is 0 Å². The van der Waals surface area contributed by atoms with Crippen LogP contribution in [0, 0.1) is 0 Å². The summed E-state index contributed by atoms with van der Waals surface area (Å²) in [5.74, 6) is -3.73. The molecule has 2 unspecified atom stereocenters. The Morgan fingerprint density at radius 1 is 1.39 bits per heavy atom. The van der Waals surface area contributed by atoms with Crippen molar-refractivity contribution in [3.63, 3.8) is 0 Å². The van der Waals surface area contributed by atoms with E-state index in [1.165, 1.54) is 4.90 Å². The van der Waals surface area contributed by atoms with E-state index < -0.39 is 36.9 Å². The third-order valence-electron chi connectivity index (χ3n) is 4.09. The van der Waals surface area contributed by atoms with Gasteiger partial charge in [0.05, 0.1) is 23.3 Å². The Balaban J connectivity index is 1.64. The molecule has 1 aromatic rings. The molecule has 2 saturated heterocycles. The molecule has 2 amide bonds. The van der Waals surface area contributed by atoms with Crippen molar-refractivity contribution in [2.24, 2.45) is 0 Å². The Kier molecular flexibility index (Phi) is 4.25. The number of nitrogens with one attached hydrogen (secondary N) is 2. The number of carbonyl (C=O) groups is 2. The maximum Gasteiger partial charge on any atom is 0.262 e. The molecule has 124 valence electrons. The molecule has 2 fully saturated rings. The summed E-state index contributed by atoms with van der Waals surface area (Å²) in [6.45, 7) is -0.1000. The molecule has 2 aliphatic rings. The molecule has 8 heteroatoms. The highest BCUT2D eigenvalue weighted by Crippen LogP contribution is 2.29. The molecule has 0 aliphatic carbocycles. The van der Waals surface area contributed by atoms with Crippen molar-refractivity contribution >= 4 is 29.1 Å². The fraction of sp³-hybridized carbons (Fsp3) is 0.467. The lowest BCUT2D eigenvalue weighted by Gasteiger charge is -2.19. The normalized spacial score (nSPS) is 26.6. The predicted molar refractivity (Wildman–Crippen MR) is 81.7 cm³/mol. The monoisotopic (exact) mass is 343 g/mol. The first-order chi connectivity index (χ1) is 10.9. The first kappa shape index (κ1) is 16.1. The van der Waals surface area contributed by atoms with Gasteiger partial charge in [-0.2, -0.15) is 0 Å². The average molecular weight is 344 g/mol. The number of benzene rings is 1. The molecule has 3 rings (SSSR count). The minimum absolute atomic E-state index is 0.281. The van der Waals surface area contributed by atoms with Gasteiger partial charge in [-0.15, -0.1) is 0 Å². The second-order valence-electron chi connectivity index (χ2n) is 5.78. The Labute approximate surface area is 137 Å². The van der Waals surface area contributed by atoms with Gasteiger partial charge in [0.1, 0.15) is 6.04 Å². The van der Waals surface area contributed by atoms with Crippen LogP contribution in [-0.4, -0.2) is 42.9 Å². The largest absolute Gasteiger partial charge is 0.343 e. The lowest BCUT2D eigenvalue weighted by Crippen LogP contribution is -2.48. The number of rotatable bonds is 3. The molecule has 2 atom stereocenters. The van der Waals surface area contributed by atoms with Crippen molar-refractivity contribution in [2.75, 3.05) is 18.0 Å². The van der Waals surface area contributed by atoms with Gasteiger partial charge in [0, 0.05) is 13.0 Å². The van der Waals surface area contributed by atoms with Gasteiger partial charge in [0.25, 0.3) is 5.92 Å². The van der Waals surface area contributed by atoms with Crippen LogP contribution in [0.15, 0.2) is 24.3 Å². The lowest BCUT2D eigenvalue weighted by molar-refractivity contribution is -0.127. The number of hydrogen-bond acceptors (Lipinski definition) is 3. The minimum atomic E-state index is -2.88. The summed E-state index contributed by atoms with van der Waals surface area (Å²) in [6, 6.07) is 5.26. The molecule has 0 spiro atoms. The van der Waals surface area contributed by atoms with Crippen molar-refractivity contribution in [1.82, 2.24) is 10.6 Å². The average Bonchev–Trinajstić information content (AvgIpc) is 3.03. The predicted octanol–water partition coefficient (Wildman–Crippen LogP) is 1.56. The van der Waals surface area contributed by atoms with E-state index in [4.69, 9.17) is 11.6 Å². The van der Waals surface area contributed by atoms with Crippen molar-refractivity contribution in [3.8, 4) is 0 Å². The highest BCUT2D eigenvalue weighted by Gasteiger charge is 2.44. The number of anilines is 1. The second kappa shape index (κ2) is 6.05. The van der Waals surface area contributed by atoms with Crippen LogP contribution in [0.25, 0.3) is 0 Å². The summed E-state index contributed by atoms with van der Waals surface area (Å²) in [5, 5.41) is 5.49. The number of amides is 2. The Morgan fingerprint density at radius 3 is 2.78 bits per heavy atom. The summed E-state index contributed by atoms with van der Waals surface area (Å²) in [6.07, 6.45) is -0.132. The zero-order valence-electron chi connectivity index (χ0n) is 12.2. The minimum Gasteiger partial charge on any atom is -0.343 e. The van der Waals surface area contributed by atoms with Gasteiger partial charge in [0.2, 0.25) is 11.8 Å². The molecule has 0 radical (unpaired) electrons. The van der Waals surface area contributed by atoms with E-state index in [1.807, 2.05) is 0 Å². The van der Waals surface area contributed by atoms with Crippen molar-refractivity contribution in [3.05, 3.63) is 29.3 Å². The molecule has 1 aromatic carbocycles. The van der Waals surface area contributed by atoms with Gasteiger partial charge in [-0.05, 0) is 18.6 Å². The molecule has 23 heavy (non-hydrogen) atoms. The summed E-state index contributed by atoms with van der Waals surface area (Å²) in [5.41, 5.74) is 0.585. The van der Waals surface area contributed by atoms with Crippen molar-refractivity contribution in [1.29, 1.82) is 0 Å². The molecule has 0 bridgehead atoms. The lowest BCUT2D eigenvalue weighted by atomic mass is 10.1. The van der Waals surface area contributed by atoms with E-state index in [0.29, 0.717) is 23.7 Å². The summed E-state index contributed by atoms with van der Waals surface area (Å²) in [4.78, 5) is 26.0. The molecular weight excluding hydrogens is 328 g/mol. The number of para-hydroxylation sites is 1. The SMILES string of the molecule is O=C(NC1CCN(c2ccccc2Cl)C1=O)C1CC(F)(F)CN1. The maximum absolute atomic E-state index is 13.1. The van der Waals surface area contributed by atoms with E-state index >= 15 is 0 Å². The van der Waals surface area contributed by atoms with Crippen LogP contribution in [0.3, 0.4) is 0 Å². The molecule has 5 nitrogen and oxygen atoms in total. The first-order valence-corrected chi connectivity index (χ1v) is 7.73. The van der Waals surface area contributed by atoms with Crippen LogP contribution in [0.2, 0.25) is 5.02 Å². The zero-order valence-corrected chi connectivity index (χ0v) is 12.9. The third kappa shape index (κ3) is 3.30.